The van der Waals surface area contributed by atoms with Crippen molar-refractivity contribution in [3.05, 3.63) is 34.9 Å². The zero-order valence-corrected chi connectivity index (χ0v) is 10.6. The predicted molar refractivity (Wildman–Crippen MR) is 69.7 cm³/mol. The standard InChI is InChI=1S/C15H23N/c1-12-5-6-14(13(2)11-12)15(9-10-16)7-3-4-8-15/h5-6,11H,3-4,7-10,16H2,1-2H3. The second kappa shape index (κ2) is 4.58. The highest BCUT2D eigenvalue weighted by Gasteiger charge is 2.35. The molecule has 0 atom stereocenters. The van der Waals surface area contributed by atoms with Crippen molar-refractivity contribution in [1.82, 2.24) is 0 Å². The molecule has 0 bridgehead atoms. The predicted octanol–water partition coefficient (Wildman–Crippen LogP) is 3.46. The van der Waals surface area contributed by atoms with Gasteiger partial charge in [0.15, 0.2) is 0 Å². The minimum Gasteiger partial charge on any atom is -0.330 e. The van der Waals surface area contributed by atoms with Crippen molar-refractivity contribution in [2.45, 2.75) is 51.4 Å². The molecule has 1 nitrogen and oxygen atoms in total. The van der Waals surface area contributed by atoms with Crippen LogP contribution in [0.4, 0.5) is 0 Å². The van der Waals surface area contributed by atoms with Gasteiger partial charge in [0.2, 0.25) is 0 Å². The number of hydrogen-bond donors (Lipinski definition) is 1. The van der Waals surface area contributed by atoms with Gasteiger partial charge >= 0.3 is 0 Å². The second-order valence-corrected chi connectivity index (χ2v) is 5.34. The molecule has 0 amide bonds. The van der Waals surface area contributed by atoms with Gasteiger partial charge in [-0.05, 0) is 56.2 Å². The van der Waals surface area contributed by atoms with Crippen LogP contribution in [0.25, 0.3) is 0 Å². The highest BCUT2D eigenvalue weighted by Crippen LogP contribution is 2.44. The van der Waals surface area contributed by atoms with Crippen molar-refractivity contribution < 1.29 is 0 Å². The average molecular weight is 217 g/mol. The molecule has 2 N–H and O–H groups in total. The van der Waals surface area contributed by atoms with E-state index in [9.17, 15) is 0 Å². The molecule has 0 aliphatic heterocycles. The molecule has 0 spiro atoms. The van der Waals surface area contributed by atoms with Crippen LogP contribution in [0.1, 0.15) is 48.8 Å². The van der Waals surface area contributed by atoms with E-state index in [2.05, 4.69) is 32.0 Å². The maximum Gasteiger partial charge on any atom is -0.00324 e. The van der Waals surface area contributed by atoms with Crippen LogP contribution in [-0.4, -0.2) is 6.54 Å². The number of benzene rings is 1. The van der Waals surface area contributed by atoms with Crippen molar-refractivity contribution in [3.8, 4) is 0 Å². The maximum absolute atomic E-state index is 5.81. The summed E-state index contributed by atoms with van der Waals surface area (Å²) in [5, 5.41) is 0. The first-order valence-electron chi connectivity index (χ1n) is 6.46. The number of hydrogen-bond acceptors (Lipinski definition) is 1. The summed E-state index contributed by atoms with van der Waals surface area (Å²) < 4.78 is 0. The van der Waals surface area contributed by atoms with Gasteiger partial charge in [-0.1, -0.05) is 36.6 Å². The molecule has 0 radical (unpaired) electrons. The fraction of sp³-hybridized carbons (Fsp3) is 0.600. The number of aryl methyl sites for hydroxylation is 2. The Hall–Kier alpha value is -0.820. The van der Waals surface area contributed by atoms with E-state index in [1.165, 1.54) is 36.8 Å². The van der Waals surface area contributed by atoms with Crippen LogP contribution < -0.4 is 5.73 Å². The van der Waals surface area contributed by atoms with Crippen LogP contribution in [-0.2, 0) is 5.41 Å². The van der Waals surface area contributed by atoms with Crippen LogP contribution in [0.15, 0.2) is 18.2 Å². The maximum atomic E-state index is 5.81. The van der Waals surface area contributed by atoms with E-state index in [0.717, 1.165) is 13.0 Å². The largest absolute Gasteiger partial charge is 0.330 e. The highest BCUT2D eigenvalue weighted by atomic mass is 14.6. The molecule has 0 heterocycles. The van der Waals surface area contributed by atoms with Crippen LogP contribution in [0.2, 0.25) is 0 Å². The molecule has 1 aromatic carbocycles. The van der Waals surface area contributed by atoms with Gasteiger partial charge in [0, 0.05) is 0 Å². The van der Waals surface area contributed by atoms with Crippen LogP contribution in [0, 0.1) is 13.8 Å². The molecule has 1 heteroatoms. The van der Waals surface area contributed by atoms with Crippen LogP contribution >= 0.6 is 0 Å². The van der Waals surface area contributed by atoms with Gasteiger partial charge in [-0.3, -0.25) is 0 Å². The van der Waals surface area contributed by atoms with Crippen molar-refractivity contribution >= 4 is 0 Å². The molecule has 16 heavy (non-hydrogen) atoms. The molecule has 1 aliphatic carbocycles. The molecule has 1 saturated carbocycles. The Bertz CT molecular complexity index is 362. The topological polar surface area (TPSA) is 26.0 Å². The second-order valence-electron chi connectivity index (χ2n) is 5.34. The minimum atomic E-state index is 0.395. The van der Waals surface area contributed by atoms with E-state index in [0.29, 0.717) is 5.41 Å². The van der Waals surface area contributed by atoms with Gasteiger partial charge in [-0.15, -0.1) is 0 Å². The average Bonchev–Trinajstić information content (AvgIpc) is 2.67. The third kappa shape index (κ3) is 2.01. The Labute approximate surface area is 99.0 Å². The van der Waals surface area contributed by atoms with Gasteiger partial charge in [-0.2, -0.15) is 0 Å². The van der Waals surface area contributed by atoms with Crippen molar-refractivity contribution in [1.29, 1.82) is 0 Å². The lowest BCUT2D eigenvalue weighted by molar-refractivity contribution is 0.410. The molecular formula is C15H23N. The lowest BCUT2D eigenvalue weighted by atomic mass is 9.74. The van der Waals surface area contributed by atoms with Crippen LogP contribution in [0.3, 0.4) is 0 Å². The van der Waals surface area contributed by atoms with E-state index < -0.39 is 0 Å². The van der Waals surface area contributed by atoms with E-state index in [-0.39, 0.29) is 0 Å². The van der Waals surface area contributed by atoms with E-state index in [4.69, 9.17) is 5.73 Å². The quantitative estimate of drug-likeness (QED) is 0.824. The molecular weight excluding hydrogens is 194 g/mol. The SMILES string of the molecule is Cc1ccc(C2(CCN)CCCC2)c(C)c1. The summed E-state index contributed by atoms with van der Waals surface area (Å²) in [4.78, 5) is 0. The molecule has 1 aromatic rings. The first-order chi connectivity index (χ1) is 7.68. The highest BCUT2D eigenvalue weighted by molar-refractivity contribution is 5.37. The fourth-order valence-electron chi connectivity index (χ4n) is 3.39. The lowest BCUT2D eigenvalue weighted by Crippen LogP contribution is -2.26. The van der Waals surface area contributed by atoms with Gasteiger partial charge in [0.25, 0.3) is 0 Å². The summed E-state index contributed by atoms with van der Waals surface area (Å²) in [6, 6.07) is 6.90. The van der Waals surface area contributed by atoms with Gasteiger partial charge < -0.3 is 5.73 Å². The van der Waals surface area contributed by atoms with Crippen molar-refractivity contribution in [2.75, 3.05) is 6.54 Å². The first-order valence-corrected chi connectivity index (χ1v) is 6.46. The van der Waals surface area contributed by atoms with E-state index in [1.807, 2.05) is 0 Å². The summed E-state index contributed by atoms with van der Waals surface area (Å²) in [6.07, 6.45) is 6.54. The summed E-state index contributed by atoms with van der Waals surface area (Å²) in [6.45, 7) is 5.23. The molecule has 0 aromatic heterocycles. The Balaban J connectivity index is 2.38. The molecule has 1 aliphatic rings. The molecule has 2 rings (SSSR count). The number of nitrogens with two attached hydrogens (primary N) is 1. The third-order valence-corrected chi connectivity index (χ3v) is 4.14. The van der Waals surface area contributed by atoms with Gasteiger partial charge in [0.05, 0.1) is 0 Å². The molecule has 88 valence electrons. The Morgan fingerprint density at radius 2 is 1.88 bits per heavy atom. The third-order valence-electron chi connectivity index (χ3n) is 4.14. The van der Waals surface area contributed by atoms with Crippen molar-refractivity contribution in [2.24, 2.45) is 5.73 Å². The number of rotatable bonds is 3. The summed E-state index contributed by atoms with van der Waals surface area (Å²) in [5.74, 6) is 0. The Morgan fingerprint density at radius 3 is 2.44 bits per heavy atom. The fourth-order valence-corrected chi connectivity index (χ4v) is 3.39. The smallest absolute Gasteiger partial charge is 0.00324 e. The van der Waals surface area contributed by atoms with E-state index >= 15 is 0 Å². The first kappa shape index (κ1) is 11.7. The minimum absolute atomic E-state index is 0.395. The Morgan fingerprint density at radius 1 is 1.19 bits per heavy atom. The molecule has 0 unspecified atom stereocenters. The normalized spacial score (nSPS) is 18.9. The Kier molecular flexibility index (Phi) is 3.34. The summed E-state index contributed by atoms with van der Waals surface area (Å²) in [5.41, 5.74) is 10.6. The summed E-state index contributed by atoms with van der Waals surface area (Å²) >= 11 is 0. The zero-order chi connectivity index (χ0) is 11.6. The summed E-state index contributed by atoms with van der Waals surface area (Å²) in [7, 11) is 0. The van der Waals surface area contributed by atoms with Gasteiger partial charge in [0.1, 0.15) is 0 Å². The molecule has 1 fully saturated rings. The van der Waals surface area contributed by atoms with E-state index in [1.54, 1.807) is 5.56 Å². The van der Waals surface area contributed by atoms with Crippen molar-refractivity contribution in [3.63, 3.8) is 0 Å². The lowest BCUT2D eigenvalue weighted by Gasteiger charge is -2.31. The molecule has 0 saturated heterocycles. The zero-order valence-electron chi connectivity index (χ0n) is 10.6. The van der Waals surface area contributed by atoms with Gasteiger partial charge in [-0.25, -0.2) is 0 Å². The van der Waals surface area contributed by atoms with Crippen LogP contribution in [0.5, 0.6) is 0 Å². The monoisotopic (exact) mass is 217 g/mol.